The number of amides is 1. The van der Waals surface area contributed by atoms with Crippen LogP contribution in [0.1, 0.15) is 23.0 Å². The highest BCUT2D eigenvalue weighted by Crippen LogP contribution is 2.36. The second-order valence-corrected chi connectivity index (χ2v) is 9.07. The van der Waals surface area contributed by atoms with Gasteiger partial charge in [-0.15, -0.1) is 0 Å². The number of alkyl halides is 3. The number of ether oxygens (including phenoxy) is 1. The molecule has 0 aliphatic carbocycles. The summed E-state index contributed by atoms with van der Waals surface area (Å²) >= 11 is 0. The minimum atomic E-state index is -4.69. The smallest absolute Gasteiger partial charge is 0.378 e. The zero-order valence-electron chi connectivity index (χ0n) is 19.9. The van der Waals surface area contributed by atoms with Gasteiger partial charge in [0.25, 0.3) is 5.91 Å². The lowest BCUT2D eigenvalue weighted by Gasteiger charge is -2.47. The van der Waals surface area contributed by atoms with Gasteiger partial charge in [0, 0.05) is 56.7 Å². The molecule has 0 aromatic carbocycles. The fourth-order valence-corrected chi connectivity index (χ4v) is 4.55. The van der Waals surface area contributed by atoms with Gasteiger partial charge in [0.05, 0.1) is 42.4 Å². The zero-order valence-corrected chi connectivity index (χ0v) is 19.9. The Kier molecular flexibility index (Phi) is 6.39. The van der Waals surface area contributed by atoms with E-state index in [1.54, 1.807) is 36.3 Å². The molecule has 36 heavy (non-hydrogen) atoms. The summed E-state index contributed by atoms with van der Waals surface area (Å²) in [7, 11) is 1.75. The third-order valence-corrected chi connectivity index (χ3v) is 6.52. The van der Waals surface area contributed by atoms with Crippen LogP contribution in [0.15, 0.2) is 42.9 Å². The topological polar surface area (TPSA) is 88.4 Å². The highest BCUT2D eigenvalue weighted by molar-refractivity contribution is 6.03. The molecule has 2 aliphatic rings. The van der Waals surface area contributed by atoms with E-state index in [0.717, 1.165) is 12.7 Å². The van der Waals surface area contributed by atoms with E-state index in [-0.39, 0.29) is 17.4 Å². The van der Waals surface area contributed by atoms with Crippen molar-refractivity contribution in [2.24, 2.45) is 7.05 Å². The Balaban J connectivity index is 1.38. The number of aromatic nitrogens is 4. The summed E-state index contributed by atoms with van der Waals surface area (Å²) in [6.45, 7) is 5.46. The van der Waals surface area contributed by atoms with Gasteiger partial charge >= 0.3 is 6.18 Å². The molecular weight excluding hydrogens is 475 g/mol. The number of pyridine rings is 2. The fourth-order valence-electron chi connectivity index (χ4n) is 4.55. The fraction of sp³-hybridized carbons (Fsp3) is 0.417. The molecule has 3 aromatic heterocycles. The molecule has 5 rings (SSSR count). The maximum absolute atomic E-state index is 13.8. The second-order valence-electron chi connectivity index (χ2n) is 9.07. The van der Waals surface area contributed by atoms with Crippen LogP contribution in [0.25, 0.3) is 11.3 Å². The minimum Gasteiger partial charge on any atom is -0.378 e. The molecule has 1 atom stereocenters. The van der Waals surface area contributed by atoms with E-state index in [0.29, 0.717) is 49.4 Å². The van der Waals surface area contributed by atoms with Crippen LogP contribution in [0.5, 0.6) is 0 Å². The number of hydrogen-bond acceptors (Lipinski definition) is 7. The maximum Gasteiger partial charge on any atom is 0.419 e. The van der Waals surface area contributed by atoms with Crippen molar-refractivity contribution in [2.75, 3.05) is 43.1 Å². The van der Waals surface area contributed by atoms with E-state index in [2.05, 4.69) is 32.2 Å². The van der Waals surface area contributed by atoms with Gasteiger partial charge in [0.1, 0.15) is 11.5 Å². The zero-order chi connectivity index (χ0) is 25.4. The number of hydrogen-bond donors (Lipinski definition) is 1. The van der Waals surface area contributed by atoms with Crippen molar-refractivity contribution in [3.63, 3.8) is 0 Å². The maximum atomic E-state index is 13.8. The number of rotatable bonds is 5. The summed E-state index contributed by atoms with van der Waals surface area (Å²) in [5, 5.41) is 6.50. The molecule has 3 aromatic rings. The Morgan fingerprint density at radius 1 is 1.19 bits per heavy atom. The highest BCUT2D eigenvalue weighted by Gasteiger charge is 2.37. The Bertz CT molecular complexity index is 1260. The lowest BCUT2D eigenvalue weighted by Crippen LogP contribution is -2.60. The predicted molar refractivity (Wildman–Crippen MR) is 127 cm³/mol. The van der Waals surface area contributed by atoms with Gasteiger partial charge in [-0.25, -0.2) is 9.97 Å². The Hall–Kier alpha value is -3.51. The van der Waals surface area contributed by atoms with E-state index >= 15 is 0 Å². The summed E-state index contributed by atoms with van der Waals surface area (Å²) in [5.41, 5.74) is -0.190. The van der Waals surface area contributed by atoms with E-state index in [1.165, 1.54) is 12.1 Å². The highest BCUT2D eigenvalue weighted by atomic mass is 19.4. The molecule has 0 radical (unpaired) electrons. The van der Waals surface area contributed by atoms with Crippen LogP contribution in [0.2, 0.25) is 0 Å². The van der Waals surface area contributed by atoms with Gasteiger partial charge in [-0.05, 0) is 19.1 Å². The summed E-state index contributed by atoms with van der Waals surface area (Å²) in [6, 6.07) is 6.65. The predicted octanol–water partition coefficient (Wildman–Crippen LogP) is 3.06. The van der Waals surface area contributed by atoms with E-state index < -0.39 is 17.6 Å². The van der Waals surface area contributed by atoms with Gasteiger partial charge < -0.3 is 15.0 Å². The molecule has 0 spiro atoms. The van der Waals surface area contributed by atoms with Crippen LogP contribution < -0.4 is 10.2 Å². The van der Waals surface area contributed by atoms with Crippen molar-refractivity contribution < 1.29 is 22.7 Å². The van der Waals surface area contributed by atoms with Crippen molar-refractivity contribution in [3.05, 3.63) is 54.1 Å². The molecule has 190 valence electrons. The van der Waals surface area contributed by atoms with Gasteiger partial charge in [-0.3, -0.25) is 14.4 Å². The van der Waals surface area contributed by atoms with Crippen LogP contribution in [-0.4, -0.2) is 75.5 Å². The SMILES string of the molecule is C[C@H]1CN(c2cc(NC(=O)c3cccc(-c4cnn(C)c4)n3)c(C(F)(F)F)cn2)CCN1C1COC1. The number of nitrogens with zero attached hydrogens (tertiary/aromatic N) is 6. The van der Waals surface area contributed by atoms with E-state index in [1.807, 2.05) is 4.90 Å². The summed E-state index contributed by atoms with van der Waals surface area (Å²) in [6.07, 6.45) is -0.574. The number of carbonyl (C=O) groups excluding carboxylic acids is 1. The molecule has 1 amide bonds. The quantitative estimate of drug-likeness (QED) is 0.575. The van der Waals surface area contributed by atoms with Crippen molar-refractivity contribution >= 4 is 17.4 Å². The van der Waals surface area contributed by atoms with Crippen LogP contribution in [0, 0.1) is 0 Å². The summed E-state index contributed by atoms with van der Waals surface area (Å²) in [5.74, 6) is -0.363. The first-order valence-corrected chi connectivity index (χ1v) is 11.6. The lowest BCUT2D eigenvalue weighted by molar-refractivity contribution is -0.137. The summed E-state index contributed by atoms with van der Waals surface area (Å²) < 4.78 is 48.2. The Morgan fingerprint density at radius 2 is 2.00 bits per heavy atom. The second kappa shape index (κ2) is 9.51. The number of nitrogens with one attached hydrogen (secondary N) is 1. The first-order chi connectivity index (χ1) is 17.2. The van der Waals surface area contributed by atoms with Gasteiger partial charge in [0.15, 0.2) is 0 Å². The van der Waals surface area contributed by atoms with Crippen molar-refractivity contribution in [1.82, 2.24) is 24.6 Å². The monoisotopic (exact) mass is 501 g/mol. The Labute approximate surface area is 205 Å². The first-order valence-electron chi connectivity index (χ1n) is 11.6. The molecule has 0 unspecified atom stereocenters. The Morgan fingerprint density at radius 3 is 2.64 bits per heavy atom. The molecule has 0 saturated carbocycles. The van der Waals surface area contributed by atoms with Gasteiger partial charge in [0.2, 0.25) is 0 Å². The molecule has 0 bridgehead atoms. The molecule has 9 nitrogen and oxygen atoms in total. The van der Waals surface area contributed by atoms with Crippen LogP contribution in [0.3, 0.4) is 0 Å². The van der Waals surface area contributed by atoms with Crippen LogP contribution in [-0.2, 0) is 18.0 Å². The van der Waals surface area contributed by atoms with E-state index in [4.69, 9.17) is 4.74 Å². The molecular formula is C24H26F3N7O2. The first kappa shape index (κ1) is 24.2. The molecule has 12 heteroatoms. The minimum absolute atomic E-state index is 0.00667. The third kappa shape index (κ3) is 4.91. The molecule has 2 saturated heterocycles. The average molecular weight is 502 g/mol. The number of carbonyl (C=O) groups is 1. The standard InChI is InChI=1S/C24H26F3N7O2/c1-15-11-33(6-7-34(15)17-13-36-14-17)22-8-21(18(10-28-22)24(25,26)27)31-23(35)20-5-3-4-19(30-20)16-9-29-32(2)12-16/h3-5,8-10,12,15,17H,6-7,11,13-14H2,1-2H3,(H,28,31,35)/t15-/m0/s1. The molecule has 2 fully saturated rings. The third-order valence-electron chi connectivity index (χ3n) is 6.52. The van der Waals surface area contributed by atoms with Crippen molar-refractivity contribution in [1.29, 1.82) is 0 Å². The normalized spacial score (nSPS) is 19.2. The van der Waals surface area contributed by atoms with Crippen LogP contribution in [0.4, 0.5) is 24.7 Å². The lowest BCUT2D eigenvalue weighted by atomic mass is 10.1. The van der Waals surface area contributed by atoms with Gasteiger partial charge in [-0.2, -0.15) is 18.3 Å². The largest absolute Gasteiger partial charge is 0.419 e. The summed E-state index contributed by atoms with van der Waals surface area (Å²) in [4.78, 5) is 25.7. The number of anilines is 2. The van der Waals surface area contributed by atoms with E-state index in [9.17, 15) is 18.0 Å². The number of aryl methyl sites for hydroxylation is 1. The van der Waals surface area contributed by atoms with Gasteiger partial charge in [-0.1, -0.05) is 6.07 Å². The van der Waals surface area contributed by atoms with Crippen molar-refractivity contribution in [3.8, 4) is 11.3 Å². The molecule has 2 aliphatic heterocycles. The average Bonchev–Trinajstić information content (AvgIpc) is 3.25. The molecule has 1 N–H and O–H groups in total. The van der Waals surface area contributed by atoms with Crippen LogP contribution >= 0.6 is 0 Å². The number of halogens is 3. The number of piperazine rings is 1. The van der Waals surface area contributed by atoms with Crippen molar-refractivity contribution in [2.45, 2.75) is 25.2 Å². The molecule has 5 heterocycles.